The first-order chi connectivity index (χ1) is 11.4. The molecule has 2 bridgehead atoms. The minimum atomic E-state index is -1.11. The summed E-state index contributed by atoms with van der Waals surface area (Å²) in [7, 11) is 0. The van der Waals surface area contributed by atoms with Crippen molar-refractivity contribution in [1.29, 1.82) is 0 Å². The number of hydrogen-bond acceptors (Lipinski definition) is 4. The summed E-state index contributed by atoms with van der Waals surface area (Å²) in [6.45, 7) is 4.23. The molecule has 2 saturated carbocycles. The van der Waals surface area contributed by atoms with Crippen molar-refractivity contribution < 1.29 is 19.6 Å². The van der Waals surface area contributed by atoms with Crippen molar-refractivity contribution in [2.24, 2.45) is 17.8 Å². The Morgan fingerprint density at radius 2 is 2.25 bits per heavy atom. The predicted molar refractivity (Wildman–Crippen MR) is 88.3 cm³/mol. The number of ether oxygens (including phenoxy) is 1. The summed E-state index contributed by atoms with van der Waals surface area (Å²) in [5, 5.41) is 20.6. The lowest BCUT2D eigenvalue weighted by atomic mass is 9.74. The molecule has 2 fully saturated rings. The Labute approximate surface area is 141 Å². The first-order valence-electron chi connectivity index (χ1n) is 8.58. The number of aromatic carboxylic acids is 1. The van der Waals surface area contributed by atoms with Crippen LogP contribution < -0.4 is 4.74 Å². The number of nitro groups is 1. The van der Waals surface area contributed by atoms with E-state index in [0.717, 1.165) is 25.7 Å². The van der Waals surface area contributed by atoms with Gasteiger partial charge in [-0.1, -0.05) is 13.8 Å². The molecule has 2 aliphatic rings. The van der Waals surface area contributed by atoms with Gasteiger partial charge < -0.3 is 9.84 Å². The molecule has 6 heteroatoms. The zero-order valence-electron chi connectivity index (χ0n) is 14.0. The Kier molecular flexibility index (Phi) is 4.24. The molecule has 2 aliphatic carbocycles. The van der Waals surface area contributed by atoms with Crippen LogP contribution in [0.1, 0.15) is 56.3 Å². The normalized spacial score (nSPS) is 29.4. The number of nitro benzene ring substituents is 1. The van der Waals surface area contributed by atoms with Crippen molar-refractivity contribution >= 4 is 11.7 Å². The fourth-order valence-electron chi connectivity index (χ4n) is 4.58. The minimum absolute atomic E-state index is 0.0121. The van der Waals surface area contributed by atoms with Crippen molar-refractivity contribution in [3.63, 3.8) is 0 Å². The number of benzene rings is 1. The second kappa shape index (κ2) is 6.07. The molecule has 1 aromatic carbocycles. The van der Waals surface area contributed by atoms with Crippen LogP contribution in [0.4, 0.5) is 5.69 Å². The molecule has 0 spiro atoms. The smallest absolute Gasteiger partial charge is 0.335 e. The standard InChI is InChI=1S/C18H23NO5/c1-3-11(2)18(10-12-4-6-14(18)8-12)24-16-9-13(17(20)21)5-7-15(16)19(22)23/h5,7,9,11-12,14H,3-4,6,8,10H2,1-2H3,(H,20,21). The summed E-state index contributed by atoms with van der Waals surface area (Å²) in [5.41, 5.74) is -0.567. The molecule has 0 heterocycles. The number of carbonyl (C=O) groups is 1. The molecule has 0 amide bonds. The minimum Gasteiger partial charge on any atom is -0.480 e. The maximum absolute atomic E-state index is 11.4. The molecule has 24 heavy (non-hydrogen) atoms. The molecule has 3 rings (SSSR count). The van der Waals surface area contributed by atoms with Gasteiger partial charge in [0.15, 0.2) is 5.75 Å². The van der Waals surface area contributed by atoms with Crippen molar-refractivity contribution in [2.75, 3.05) is 0 Å². The quantitative estimate of drug-likeness (QED) is 0.620. The molecule has 4 atom stereocenters. The SMILES string of the molecule is CCC(C)C1(Oc2cc(C(=O)O)ccc2[N+](=O)[O-])CC2CCC1C2. The van der Waals surface area contributed by atoms with Crippen LogP contribution in [0.25, 0.3) is 0 Å². The molecule has 1 N–H and O–H groups in total. The zero-order chi connectivity index (χ0) is 17.5. The summed E-state index contributed by atoms with van der Waals surface area (Å²) >= 11 is 0. The van der Waals surface area contributed by atoms with Gasteiger partial charge in [-0.05, 0) is 55.9 Å². The Morgan fingerprint density at radius 3 is 2.75 bits per heavy atom. The van der Waals surface area contributed by atoms with E-state index < -0.39 is 16.5 Å². The summed E-state index contributed by atoms with van der Waals surface area (Å²) in [6, 6.07) is 3.79. The molecule has 6 nitrogen and oxygen atoms in total. The second-order valence-electron chi connectivity index (χ2n) is 7.19. The monoisotopic (exact) mass is 333 g/mol. The molecule has 0 aromatic heterocycles. The van der Waals surface area contributed by atoms with Gasteiger partial charge in [0, 0.05) is 12.1 Å². The summed E-state index contributed by atoms with van der Waals surface area (Å²) in [4.78, 5) is 22.1. The van der Waals surface area contributed by atoms with Crippen LogP contribution in [0.2, 0.25) is 0 Å². The fourth-order valence-corrected chi connectivity index (χ4v) is 4.58. The van der Waals surface area contributed by atoms with Crippen molar-refractivity contribution in [1.82, 2.24) is 0 Å². The molecule has 0 saturated heterocycles. The van der Waals surface area contributed by atoms with E-state index in [9.17, 15) is 20.0 Å². The van der Waals surface area contributed by atoms with Gasteiger partial charge in [0.2, 0.25) is 0 Å². The van der Waals surface area contributed by atoms with E-state index in [1.807, 2.05) is 0 Å². The average Bonchev–Trinajstić information content (AvgIpc) is 3.15. The fraction of sp³-hybridized carbons (Fsp3) is 0.611. The number of carboxylic acid groups (broad SMARTS) is 1. The Balaban J connectivity index is 2.02. The van der Waals surface area contributed by atoms with E-state index in [-0.39, 0.29) is 22.9 Å². The van der Waals surface area contributed by atoms with Crippen LogP contribution in [0.15, 0.2) is 18.2 Å². The lowest BCUT2D eigenvalue weighted by molar-refractivity contribution is -0.386. The highest BCUT2D eigenvalue weighted by atomic mass is 16.6. The summed E-state index contributed by atoms with van der Waals surface area (Å²) in [6.07, 6.45) is 5.22. The summed E-state index contributed by atoms with van der Waals surface area (Å²) in [5.74, 6) is 0.255. The Hall–Kier alpha value is -2.11. The van der Waals surface area contributed by atoms with Gasteiger partial charge in [-0.2, -0.15) is 0 Å². The first-order valence-corrected chi connectivity index (χ1v) is 8.58. The number of rotatable bonds is 6. The Bertz CT molecular complexity index is 673. The first kappa shape index (κ1) is 16.7. The van der Waals surface area contributed by atoms with Gasteiger partial charge >= 0.3 is 11.7 Å². The maximum atomic E-state index is 11.4. The van der Waals surface area contributed by atoms with Crippen LogP contribution >= 0.6 is 0 Å². The van der Waals surface area contributed by atoms with E-state index in [2.05, 4.69) is 13.8 Å². The third kappa shape index (κ3) is 2.64. The van der Waals surface area contributed by atoms with E-state index in [1.165, 1.54) is 24.6 Å². The van der Waals surface area contributed by atoms with Gasteiger partial charge in [-0.25, -0.2) is 4.79 Å². The molecular weight excluding hydrogens is 310 g/mol. The van der Waals surface area contributed by atoms with E-state index >= 15 is 0 Å². The predicted octanol–water partition coefficient (Wildman–Crippen LogP) is 4.28. The Morgan fingerprint density at radius 1 is 1.50 bits per heavy atom. The van der Waals surface area contributed by atoms with Gasteiger partial charge in [0.05, 0.1) is 10.5 Å². The highest BCUT2D eigenvalue weighted by Gasteiger charge is 2.55. The van der Waals surface area contributed by atoms with Gasteiger partial charge in [0.1, 0.15) is 5.60 Å². The van der Waals surface area contributed by atoms with Gasteiger partial charge in [0.25, 0.3) is 0 Å². The number of fused-ring (bicyclic) bond motifs is 2. The van der Waals surface area contributed by atoms with Crippen LogP contribution in [0.5, 0.6) is 5.75 Å². The van der Waals surface area contributed by atoms with Gasteiger partial charge in [-0.3, -0.25) is 10.1 Å². The average molecular weight is 333 g/mol. The van der Waals surface area contributed by atoms with Crippen LogP contribution in [0, 0.1) is 27.9 Å². The third-order valence-electron chi connectivity index (χ3n) is 5.99. The van der Waals surface area contributed by atoms with Crippen LogP contribution in [-0.4, -0.2) is 21.6 Å². The molecule has 1 aromatic rings. The van der Waals surface area contributed by atoms with E-state index in [4.69, 9.17) is 4.74 Å². The molecule has 0 radical (unpaired) electrons. The highest BCUT2D eigenvalue weighted by molar-refractivity contribution is 5.88. The van der Waals surface area contributed by atoms with Crippen molar-refractivity contribution in [2.45, 2.75) is 51.6 Å². The zero-order valence-corrected chi connectivity index (χ0v) is 14.0. The van der Waals surface area contributed by atoms with E-state index in [0.29, 0.717) is 11.8 Å². The van der Waals surface area contributed by atoms with Crippen LogP contribution in [-0.2, 0) is 0 Å². The highest BCUT2D eigenvalue weighted by Crippen LogP contribution is 2.56. The molecule has 4 unspecified atom stereocenters. The maximum Gasteiger partial charge on any atom is 0.335 e. The third-order valence-corrected chi connectivity index (χ3v) is 5.99. The number of hydrogen-bond donors (Lipinski definition) is 1. The largest absolute Gasteiger partial charge is 0.480 e. The van der Waals surface area contributed by atoms with E-state index in [1.54, 1.807) is 0 Å². The number of nitrogens with zero attached hydrogens (tertiary/aromatic N) is 1. The lowest BCUT2D eigenvalue weighted by Crippen LogP contribution is -2.47. The van der Waals surface area contributed by atoms with Crippen molar-refractivity contribution in [3.05, 3.63) is 33.9 Å². The summed E-state index contributed by atoms with van der Waals surface area (Å²) < 4.78 is 6.33. The molecule has 130 valence electrons. The molecular formula is C18H23NO5. The van der Waals surface area contributed by atoms with Gasteiger partial charge in [-0.15, -0.1) is 0 Å². The number of carboxylic acids is 1. The molecule has 0 aliphatic heterocycles. The lowest BCUT2D eigenvalue weighted by Gasteiger charge is -2.42. The van der Waals surface area contributed by atoms with Crippen molar-refractivity contribution in [3.8, 4) is 5.75 Å². The van der Waals surface area contributed by atoms with Crippen LogP contribution in [0.3, 0.4) is 0 Å². The topological polar surface area (TPSA) is 89.7 Å². The second-order valence-corrected chi connectivity index (χ2v) is 7.19.